The van der Waals surface area contributed by atoms with E-state index in [9.17, 15) is 4.79 Å². The molecular weight excluding hydrogens is 263 g/mol. The van der Waals surface area contributed by atoms with E-state index in [1.165, 1.54) is 0 Å². The maximum absolute atomic E-state index is 10.4. The average molecular weight is 290 g/mol. The van der Waals surface area contributed by atoms with Crippen LogP contribution < -0.4 is 0 Å². The molecule has 0 aliphatic rings. The van der Waals surface area contributed by atoms with E-state index in [2.05, 4.69) is 13.8 Å². The molecule has 0 aromatic heterocycles. The average Bonchev–Trinajstić information content (AvgIpc) is 2.38. The van der Waals surface area contributed by atoms with Crippen molar-refractivity contribution >= 4 is 24.8 Å². The Hall–Kier alpha value is -0.195. The van der Waals surface area contributed by atoms with Gasteiger partial charge in [0.15, 0.2) is 0 Å². The molecule has 0 aliphatic heterocycles. The number of carboxylic acids is 1. The van der Waals surface area contributed by atoms with E-state index in [4.69, 9.17) is 14.4 Å². The third-order valence-corrected chi connectivity index (χ3v) is 3.58. The van der Waals surface area contributed by atoms with Crippen LogP contribution >= 0.6 is 11.8 Å². The molecule has 0 aromatic rings. The molecule has 0 radical (unpaired) electrons. The van der Waals surface area contributed by atoms with Crippen LogP contribution in [-0.2, 0) is 14.1 Å². The van der Waals surface area contributed by atoms with Gasteiger partial charge in [-0.05, 0) is 24.9 Å². The van der Waals surface area contributed by atoms with Gasteiger partial charge in [0.25, 0.3) is 0 Å². The molecule has 0 saturated carbocycles. The quantitative estimate of drug-likeness (QED) is 0.393. The van der Waals surface area contributed by atoms with Crippen molar-refractivity contribution < 1.29 is 19.2 Å². The van der Waals surface area contributed by atoms with Crippen molar-refractivity contribution in [2.45, 2.75) is 52.3 Å². The van der Waals surface area contributed by atoms with Crippen molar-refractivity contribution in [3.05, 3.63) is 0 Å². The van der Waals surface area contributed by atoms with Crippen LogP contribution in [0.1, 0.15) is 46.0 Å². The highest BCUT2D eigenvalue weighted by Gasteiger charge is 2.17. The van der Waals surface area contributed by atoms with Gasteiger partial charge >= 0.3 is 13.1 Å². The first-order valence-corrected chi connectivity index (χ1v) is 8.38. The molecular formula is C13H27BO4S. The van der Waals surface area contributed by atoms with Gasteiger partial charge in [-0.1, -0.05) is 26.7 Å². The molecule has 0 fully saturated rings. The summed E-state index contributed by atoms with van der Waals surface area (Å²) in [6, 6.07) is 0. The third kappa shape index (κ3) is 14.0. The fraction of sp³-hybridized carbons (Fsp3) is 0.923. The van der Waals surface area contributed by atoms with Crippen molar-refractivity contribution in [3.63, 3.8) is 0 Å². The minimum atomic E-state index is -0.734. The Kier molecular flexibility index (Phi) is 14.1. The summed E-state index contributed by atoms with van der Waals surface area (Å²) in [5.41, 5.74) is 0. The van der Waals surface area contributed by atoms with Gasteiger partial charge in [-0.15, -0.1) is 0 Å². The zero-order valence-corrected chi connectivity index (χ0v) is 13.0. The molecule has 6 heteroatoms. The van der Waals surface area contributed by atoms with Crippen molar-refractivity contribution in [2.24, 2.45) is 0 Å². The first kappa shape index (κ1) is 18.8. The number of aliphatic carboxylic acids is 1. The maximum Gasteiger partial charge on any atom is 0.457 e. The standard InChI is InChI=1S/C13H27BO4S/c1-3-5-9-17-14(18-10-6-4-2)8-12-19-11-7-13(15)16/h3-12H2,1-2H3,(H,15,16). The Morgan fingerprint density at radius 2 is 1.68 bits per heavy atom. The highest BCUT2D eigenvalue weighted by molar-refractivity contribution is 7.99. The molecule has 0 aromatic carbocycles. The van der Waals surface area contributed by atoms with Gasteiger partial charge in [0.1, 0.15) is 0 Å². The van der Waals surface area contributed by atoms with Gasteiger partial charge in [-0.2, -0.15) is 11.8 Å². The molecule has 0 amide bonds. The van der Waals surface area contributed by atoms with E-state index in [1.807, 2.05) is 0 Å². The molecule has 0 saturated heterocycles. The van der Waals surface area contributed by atoms with Gasteiger partial charge in [0.05, 0.1) is 6.42 Å². The molecule has 0 rings (SSSR count). The fourth-order valence-electron chi connectivity index (χ4n) is 1.37. The van der Waals surface area contributed by atoms with Gasteiger partial charge in [-0.3, -0.25) is 4.79 Å². The maximum atomic E-state index is 10.4. The molecule has 0 spiro atoms. The van der Waals surface area contributed by atoms with Crippen molar-refractivity contribution in [1.29, 1.82) is 0 Å². The van der Waals surface area contributed by atoms with Crippen LogP contribution in [0.25, 0.3) is 0 Å². The van der Waals surface area contributed by atoms with Crippen LogP contribution in [0.15, 0.2) is 0 Å². The third-order valence-electron chi connectivity index (χ3n) is 2.56. The van der Waals surface area contributed by atoms with Gasteiger partial charge < -0.3 is 14.4 Å². The largest absolute Gasteiger partial charge is 0.481 e. The van der Waals surface area contributed by atoms with Crippen molar-refractivity contribution in [3.8, 4) is 0 Å². The van der Waals surface area contributed by atoms with Gasteiger partial charge in [-0.25, -0.2) is 0 Å². The summed E-state index contributed by atoms with van der Waals surface area (Å²) in [5.74, 6) is 0.810. The Morgan fingerprint density at radius 3 is 2.16 bits per heavy atom. The normalized spacial score (nSPS) is 10.6. The van der Waals surface area contributed by atoms with Crippen LogP contribution in [-0.4, -0.2) is 42.9 Å². The number of rotatable bonds is 14. The summed E-state index contributed by atoms with van der Waals surface area (Å²) in [4.78, 5) is 10.4. The lowest BCUT2D eigenvalue weighted by molar-refractivity contribution is -0.136. The van der Waals surface area contributed by atoms with E-state index >= 15 is 0 Å². The molecule has 19 heavy (non-hydrogen) atoms. The molecule has 0 atom stereocenters. The number of carboxylic acid groups (broad SMARTS) is 1. The summed E-state index contributed by atoms with van der Waals surface area (Å²) >= 11 is 1.65. The van der Waals surface area contributed by atoms with E-state index in [-0.39, 0.29) is 13.5 Å². The van der Waals surface area contributed by atoms with E-state index in [0.717, 1.165) is 51.0 Å². The van der Waals surface area contributed by atoms with Crippen LogP contribution in [0, 0.1) is 0 Å². The van der Waals surface area contributed by atoms with E-state index in [1.54, 1.807) is 11.8 Å². The van der Waals surface area contributed by atoms with Crippen LogP contribution in [0.3, 0.4) is 0 Å². The van der Waals surface area contributed by atoms with E-state index < -0.39 is 5.97 Å². The number of hydrogen-bond donors (Lipinski definition) is 1. The first-order chi connectivity index (χ1) is 9.20. The zero-order chi connectivity index (χ0) is 14.3. The fourth-order valence-corrected chi connectivity index (χ4v) is 2.26. The van der Waals surface area contributed by atoms with Gasteiger partial charge in [0, 0.05) is 19.0 Å². The Morgan fingerprint density at radius 1 is 1.11 bits per heavy atom. The minimum Gasteiger partial charge on any atom is -0.481 e. The second-order valence-electron chi connectivity index (χ2n) is 4.42. The predicted molar refractivity (Wildman–Crippen MR) is 81.9 cm³/mol. The number of carbonyl (C=O) groups is 1. The molecule has 0 aliphatic carbocycles. The number of hydrogen-bond acceptors (Lipinski definition) is 4. The topological polar surface area (TPSA) is 55.8 Å². The predicted octanol–water partition coefficient (Wildman–Crippen LogP) is 3.32. The lowest BCUT2D eigenvalue weighted by Crippen LogP contribution is -2.25. The van der Waals surface area contributed by atoms with Gasteiger partial charge in [0.2, 0.25) is 0 Å². The minimum absolute atomic E-state index is 0.129. The lowest BCUT2D eigenvalue weighted by Gasteiger charge is -2.14. The van der Waals surface area contributed by atoms with Crippen LogP contribution in [0.5, 0.6) is 0 Å². The van der Waals surface area contributed by atoms with Crippen LogP contribution in [0.2, 0.25) is 6.32 Å². The number of thioether (sulfide) groups is 1. The Labute approximate surface area is 121 Å². The van der Waals surface area contributed by atoms with Crippen LogP contribution in [0.4, 0.5) is 0 Å². The first-order valence-electron chi connectivity index (χ1n) is 7.23. The summed E-state index contributed by atoms with van der Waals surface area (Å²) in [6.45, 7) is 5.76. The highest BCUT2D eigenvalue weighted by atomic mass is 32.2. The molecule has 112 valence electrons. The van der Waals surface area contributed by atoms with Crippen molar-refractivity contribution in [1.82, 2.24) is 0 Å². The molecule has 0 unspecified atom stereocenters. The second kappa shape index (κ2) is 14.2. The highest BCUT2D eigenvalue weighted by Crippen LogP contribution is 2.10. The molecule has 1 N–H and O–H groups in total. The smallest absolute Gasteiger partial charge is 0.457 e. The molecule has 0 bridgehead atoms. The zero-order valence-electron chi connectivity index (χ0n) is 12.2. The van der Waals surface area contributed by atoms with E-state index in [0.29, 0.717) is 5.75 Å². The summed E-state index contributed by atoms with van der Waals surface area (Å²) < 4.78 is 11.4. The monoisotopic (exact) mass is 290 g/mol. The number of unbranched alkanes of at least 4 members (excludes halogenated alkanes) is 2. The molecule has 0 heterocycles. The Balaban J connectivity index is 3.67. The van der Waals surface area contributed by atoms with Crippen molar-refractivity contribution in [2.75, 3.05) is 24.7 Å². The summed E-state index contributed by atoms with van der Waals surface area (Å²) in [5, 5.41) is 8.55. The second-order valence-corrected chi connectivity index (χ2v) is 5.65. The lowest BCUT2D eigenvalue weighted by atomic mass is 9.85. The summed E-state index contributed by atoms with van der Waals surface area (Å²) in [6.07, 6.45) is 5.41. The molecule has 4 nitrogen and oxygen atoms in total. The Bertz CT molecular complexity index is 207. The summed E-state index contributed by atoms with van der Waals surface area (Å²) in [7, 11) is -0.129. The SMILES string of the molecule is CCCCOB(CCSCCC(=O)O)OCCCC.